The number of halogens is 2. The number of rotatable bonds is 5. The molecule has 0 atom stereocenters. The Bertz CT molecular complexity index is 1720. The molecule has 0 unspecified atom stereocenters. The second kappa shape index (κ2) is 8.11. The van der Waals surface area contributed by atoms with Crippen LogP contribution in [-0.4, -0.2) is 42.1 Å². The first-order valence-corrected chi connectivity index (χ1v) is 11.9. The normalized spacial score (nSPS) is 16.6. The van der Waals surface area contributed by atoms with Gasteiger partial charge in [-0.15, -0.1) is 0 Å². The Morgan fingerprint density at radius 2 is 2.00 bits per heavy atom. The zero-order valence-electron chi connectivity index (χ0n) is 20.3. The fraction of sp³-hybridized carbons (Fsp3) is 0.269. The summed E-state index contributed by atoms with van der Waals surface area (Å²) in [6, 6.07) is 9.48. The molecule has 2 aliphatic rings. The lowest BCUT2D eigenvalue weighted by atomic mass is 9.85. The fourth-order valence-electron chi connectivity index (χ4n) is 4.55. The lowest BCUT2D eigenvalue weighted by Gasteiger charge is -2.19. The van der Waals surface area contributed by atoms with Crippen molar-refractivity contribution in [1.82, 2.24) is 30.0 Å². The van der Waals surface area contributed by atoms with Crippen LogP contribution in [0.2, 0.25) is 0 Å². The molecule has 2 amide bonds. The summed E-state index contributed by atoms with van der Waals surface area (Å²) >= 11 is 0. The topological polar surface area (TPSA) is 138 Å². The molecular formula is C26H20F2N8O2. The van der Waals surface area contributed by atoms with Crippen LogP contribution < -0.4 is 10.6 Å². The van der Waals surface area contributed by atoms with Gasteiger partial charge < -0.3 is 10.6 Å². The number of carbonyl (C=O) groups is 2. The highest BCUT2D eigenvalue weighted by atomic mass is 19.1. The van der Waals surface area contributed by atoms with Crippen LogP contribution in [-0.2, 0) is 16.8 Å². The van der Waals surface area contributed by atoms with E-state index in [1.807, 2.05) is 0 Å². The fourth-order valence-corrected chi connectivity index (χ4v) is 4.55. The Kier molecular flexibility index (Phi) is 5.03. The quantitative estimate of drug-likeness (QED) is 0.417. The molecule has 6 rings (SSSR count). The second-order valence-electron chi connectivity index (χ2n) is 9.97. The van der Waals surface area contributed by atoms with Crippen molar-refractivity contribution in [3.63, 3.8) is 0 Å². The van der Waals surface area contributed by atoms with E-state index >= 15 is 0 Å². The number of nitrogens with one attached hydrogen (secondary N) is 2. The summed E-state index contributed by atoms with van der Waals surface area (Å²) in [5.41, 5.74) is -1.20. The van der Waals surface area contributed by atoms with Gasteiger partial charge in [0.25, 0.3) is 5.91 Å². The molecule has 1 aliphatic heterocycles. The summed E-state index contributed by atoms with van der Waals surface area (Å²) in [5, 5.41) is 19.6. The van der Waals surface area contributed by atoms with Gasteiger partial charge in [0.05, 0.1) is 29.6 Å². The minimum absolute atomic E-state index is 0.00541. The molecule has 1 fully saturated rings. The summed E-state index contributed by atoms with van der Waals surface area (Å²) in [4.78, 5) is 39.2. The van der Waals surface area contributed by atoms with Gasteiger partial charge in [-0.2, -0.15) is 10.4 Å². The summed E-state index contributed by atoms with van der Waals surface area (Å²) < 4.78 is 30.1. The van der Waals surface area contributed by atoms with Crippen LogP contribution in [0, 0.1) is 23.0 Å². The molecule has 38 heavy (non-hydrogen) atoms. The number of benzene rings is 1. The zero-order chi connectivity index (χ0) is 26.8. The highest BCUT2D eigenvalue weighted by Crippen LogP contribution is 2.41. The van der Waals surface area contributed by atoms with Crippen LogP contribution in [0.1, 0.15) is 48.3 Å². The van der Waals surface area contributed by atoms with Crippen LogP contribution in [0.15, 0.2) is 36.5 Å². The molecule has 190 valence electrons. The molecule has 10 nitrogen and oxygen atoms in total. The van der Waals surface area contributed by atoms with E-state index in [0.29, 0.717) is 18.4 Å². The monoisotopic (exact) mass is 514 g/mol. The van der Waals surface area contributed by atoms with Gasteiger partial charge in [-0.3, -0.25) is 9.59 Å². The summed E-state index contributed by atoms with van der Waals surface area (Å²) in [6.07, 6.45) is 2.03. The highest BCUT2D eigenvalue weighted by Gasteiger charge is 2.48. The largest absolute Gasteiger partial charge is 0.332 e. The standard InChI is InChI=1S/C26H20F2N8O2/c1-25(2)17-19(23(37)34-26(12-29)7-8-26)31-21(32-20(17)33-24(25)38)18-15-9-14(27)10-30-22(15)36(35-18)11-13-5-3-4-6-16(13)28/h3-6,9-10H,7-8,11H2,1-2H3,(H,34,37)(H,31,32,33,38). The maximum absolute atomic E-state index is 14.4. The smallest absolute Gasteiger partial charge is 0.271 e. The molecule has 4 heterocycles. The number of aromatic nitrogens is 5. The first-order valence-electron chi connectivity index (χ1n) is 11.9. The lowest BCUT2D eigenvalue weighted by molar-refractivity contribution is -0.119. The second-order valence-corrected chi connectivity index (χ2v) is 9.97. The predicted molar refractivity (Wildman–Crippen MR) is 131 cm³/mol. The maximum atomic E-state index is 14.4. The average Bonchev–Trinajstić information content (AvgIpc) is 3.51. The lowest BCUT2D eigenvalue weighted by Crippen LogP contribution is -2.38. The number of hydrogen-bond acceptors (Lipinski definition) is 7. The van der Waals surface area contributed by atoms with Crippen molar-refractivity contribution in [2.75, 3.05) is 5.32 Å². The minimum atomic E-state index is -1.12. The van der Waals surface area contributed by atoms with Gasteiger partial charge in [0.15, 0.2) is 11.5 Å². The van der Waals surface area contributed by atoms with E-state index in [2.05, 4.69) is 36.8 Å². The number of pyridine rings is 1. The van der Waals surface area contributed by atoms with Gasteiger partial charge in [0, 0.05) is 11.1 Å². The number of nitrogens with zero attached hydrogens (tertiary/aromatic N) is 6. The van der Waals surface area contributed by atoms with Crippen LogP contribution in [0.4, 0.5) is 14.6 Å². The van der Waals surface area contributed by atoms with Crippen molar-refractivity contribution in [3.05, 3.63) is 65.0 Å². The number of anilines is 1. The van der Waals surface area contributed by atoms with Crippen LogP contribution in [0.5, 0.6) is 0 Å². The molecule has 0 saturated heterocycles. The van der Waals surface area contributed by atoms with E-state index in [-0.39, 0.29) is 52.1 Å². The van der Waals surface area contributed by atoms with E-state index in [4.69, 9.17) is 0 Å². The van der Waals surface area contributed by atoms with Crippen LogP contribution in [0.25, 0.3) is 22.6 Å². The van der Waals surface area contributed by atoms with E-state index in [0.717, 1.165) is 6.20 Å². The maximum Gasteiger partial charge on any atom is 0.271 e. The van der Waals surface area contributed by atoms with E-state index in [1.165, 1.54) is 16.8 Å². The van der Waals surface area contributed by atoms with Crippen molar-refractivity contribution in [2.45, 2.75) is 44.2 Å². The first-order chi connectivity index (χ1) is 18.1. The average molecular weight is 514 g/mol. The Labute approximate surface area is 214 Å². The van der Waals surface area contributed by atoms with Gasteiger partial charge in [-0.05, 0) is 38.8 Å². The van der Waals surface area contributed by atoms with Gasteiger partial charge in [0.1, 0.15) is 34.4 Å². The van der Waals surface area contributed by atoms with Crippen molar-refractivity contribution < 1.29 is 18.4 Å². The Balaban J connectivity index is 1.53. The third-order valence-corrected chi connectivity index (χ3v) is 6.91. The molecule has 0 radical (unpaired) electrons. The highest BCUT2D eigenvalue weighted by molar-refractivity contribution is 6.09. The SMILES string of the molecule is CC1(C)C(=O)Nc2nc(-c3nn(Cc4ccccc4F)c4ncc(F)cc34)nc(C(=O)NC3(C#N)CC3)c21. The third kappa shape index (κ3) is 3.66. The molecule has 12 heteroatoms. The molecular weight excluding hydrogens is 494 g/mol. The van der Waals surface area contributed by atoms with Crippen molar-refractivity contribution in [1.29, 1.82) is 5.26 Å². The van der Waals surface area contributed by atoms with Gasteiger partial charge in [0.2, 0.25) is 5.91 Å². The first kappa shape index (κ1) is 23.6. The van der Waals surface area contributed by atoms with E-state index in [1.54, 1.807) is 32.0 Å². The molecule has 0 bridgehead atoms. The summed E-state index contributed by atoms with van der Waals surface area (Å²) in [6.45, 7) is 3.28. The predicted octanol–water partition coefficient (Wildman–Crippen LogP) is 3.23. The zero-order valence-corrected chi connectivity index (χ0v) is 20.3. The van der Waals surface area contributed by atoms with E-state index in [9.17, 15) is 23.6 Å². The molecule has 0 spiro atoms. The Morgan fingerprint density at radius 3 is 2.71 bits per heavy atom. The summed E-state index contributed by atoms with van der Waals surface area (Å²) in [5.74, 6) is -2.02. The van der Waals surface area contributed by atoms with Gasteiger partial charge in [-0.25, -0.2) is 28.4 Å². The van der Waals surface area contributed by atoms with Gasteiger partial charge >= 0.3 is 0 Å². The number of nitriles is 1. The summed E-state index contributed by atoms with van der Waals surface area (Å²) in [7, 11) is 0. The Morgan fingerprint density at radius 1 is 1.24 bits per heavy atom. The molecule has 1 aliphatic carbocycles. The van der Waals surface area contributed by atoms with Crippen LogP contribution >= 0.6 is 0 Å². The number of amides is 2. The molecule has 2 N–H and O–H groups in total. The van der Waals surface area contributed by atoms with Crippen molar-refractivity contribution in [2.24, 2.45) is 0 Å². The van der Waals surface area contributed by atoms with Crippen molar-refractivity contribution in [3.8, 4) is 17.6 Å². The minimum Gasteiger partial charge on any atom is -0.332 e. The number of hydrogen-bond donors (Lipinski definition) is 2. The van der Waals surface area contributed by atoms with Crippen molar-refractivity contribution >= 4 is 28.7 Å². The molecule has 3 aromatic heterocycles. The third-order valence-electron chi connectivity index (χ3n) is 6.91. The number of carbonyl (C=O) groups excluding carboxylic acids is 2. The van der Waals surface area contributed by atoms with Gasteiger partial charge in [-0.1, -0.05) is 18.2 Å². The number of fused-ring (bicyclic) bond motifs is 2. The molecule has 4 aromatic rings. The van der Waals surface area contributed by atoms with E-state index < -0.39 is 28.5 Å². The van der Waals surface area contributed by atoms with Crippen LogP contribution in [0.3, 0.4) is 0 Å². The molecule has 1 saturated carbocycles. The molecule has 1 aromatic carbocycles. The Hall–Kier alpha value is -4.79.